The SMILES string of the molecule is O=S(=O)(O)C1(O)NC=CC=C1O. The molecule has 1 unspecified atom stereocenters. The molecule has 0 aromatic rings. The summed E-state index contributed by atoms with van der Waals surface area (Å²) >= 11 is 0. The van der Waals surface area contributed by atoms with Crippen LogP contribution in [-0.4, -0.2) is 28.2 Å². The number of nitrogens with one attached hydrogen (secondary N) is 1. The Hall–Kier alpha value is -1.05. The van der Waals surface area contributed by atoms with E-state index < -0.39 is 20.9 Å². The van der Waals surface area contributed by atoms with Crippen molar-refractivity contribution in [3.05, 3.63) is 24.1 Å². The zero-order valence-electron chi connectivity index (χ0n) is 5.80. The van der Waals surface area contributed by atoms with Crippen molar-refractivity contribution in [2.24, 2.45) is 0 Å². The smallest absolute Gasteiger partial charge is 0.325 e. The highest BCUT2D eigenvalue weighted by Crippen LogP contribution is 2.20. The first-order valence-corrected chi connectivity index (χ1v) is 4.35. The Kier molecular flexibility index (Phi) is 1.86. The molecular weight excluding hydrogens is 186 g/mol. The minimum absolute atomic E-state index is 0.882. The van der Waals surface area contributed by atoms with Crippen LogP contribution in [0.3, 0.4) is 0 Å². The standard InChI is InChI=1S/C5H7NO5S/c7-4-2-1-3-6-5(4,8)12(9,10)11/h1-3,6-8H,(H,9,10,11). The van der Waals surface area contributed by atoms with E-state index in [-0.39, 0.29) is 0 Å². The monoisotopic (exact) mass is 193 g/mol. The summed E-state index contributed by atoms with van der Waals surface area (Å²) in [5.74, 6) is -0.882. The van der Waals surface area contributed by atoms with Gasteiger partial charge in [-0.3, -0.25) is 4.55 Å². The summed E-state index contributed by atoms with van der Waals surface area (Å²) in [5.41, 5.74) is 0. The van der Waals surface area contributed by atoms with Crippen LogP contribution in [0.4, 0.5) is 0 Å². The van der Waals surface area contributed by atoms with Crippen LogP contribution in [0.5, 0.6) is 0 Å². The number of dihydropyridines is 1. The number of hydrogen-bond acceptors (Lipinski definition) is 5. The summed E-state index contributed by atoms with van der Waals surface area (Å²) in [6.45, 7) is 0. The lowest BCUT2D eigenvalue weighted by molar-refractivity contribution is 0.0803. The summed E-state index contributed by atoms with van der Waals surface area (Å²) in [4.78, 5) is 0. The third kappa shape index (κ3) is 1.17. The van der Waals surface area contributed by atoms with Gasteiger partial charge in [0, 0.05) is 6.20 Å². The van der Waals surface area contributed by atoms with Crippen LogP contribution >= 0.6 is 0 Å². The lowest BCUT2D eigenvalue weighted by Crippen LogP contribution is -2.51. The van der Waals surface area contributed by atoms with Gasteiger partial charge in [-0.2, -0.15) is 8.42 Å². The predicted molar refractivity (Wildman–Crippen MR) is 39.5 cm³/mol. The summed E-state index contributed by atoms with van der Waals surface area (Å²) in [6, 6.07) is 0. The van der Waals surface area contributed by atoms with Gasteiger partial charge in [-0.05, 0) is 12.2 Å². The van der Waals surface area contributed by atoms with Gasteiger partial charge in [0.15, 0.2) is 5.76 Å². The van der Waals surface area contributed by atoms with Gasteiger partial charge in [0.05, 0.1) is 0 Å². The molecule has 0 radical (unpaired) electrons. The average Bonchev–Trinajstić information content (AvgIpc) is 1.93. The first-order valence-electron chi connectivity index (χ1n) is 2.91. The molecule has 0 aromatic heterocycles. The molecule has 68 valence electrons. The number of allylic oxidation sites excluding steroid dienone is 2. The van der Waals surface area contributed by atoms with Crippen LogP contribution in [0.25, 0.3) is 0 Å². The van der Waals surface area contributed by atoms with Crippen LogP contribution in [0.15, 0.2) is 24.1 Å². The zero-order chi connectivity index (χ0) is 9.41. The van der Waals surface area contributed by atoms with Crippen LogP contribution in [0, 0.1) is 0 Å². The van der Waals surface area contributed by atoms with Gasteiger partial charge >= 0.3 is 15.2 Å². The molecule has 0 fully saturated rings. The van der Waals surface area contributed by atoms with Crippen molar-refractivity contribution in [3.8, 4) is 0 Å². The van der Waals surface area contributed by atoms with Crippen molar-refractivity contribution in [1.82, 2.24) is 5.32 Å². The fourth-order valence-electron chi connectivity index (χ4n) is 0.694. The second kappa shape index (κ2) is 2.47. The minimum Gasteiger partial charge on any atom is -0.506 e. The second-order valence-corrected chi connectivity index (χ2v) is 3.72. The maximum absolute atomic E-state index is 10.5. The van der Waals surface area contributed by atoms with Gasteiger partial charge in [-0.15, -0.1) is 0 Å². The number of hydrogen-bond donors (Lipinski definition) is 4. The lowest BCUT2D eigenvalue weighted by atomic mass is 10.3. The molecule has 0 amide bonds. The highest BCUT2D eigenvalue weighted by Gasteiger charge is 2.45. The number of aliphatic hydroxyl groups excluding tert-OH is 1. The van der Waals surface area contributed by atoms with Crippen molar-refractivity contribution in [2.75, 3.05) is 0 Å². The lowest BCUT2D eigenvalue weighted by Gasteiger charge is -2.25. The van der Waals surface area contributed by atoms with Crippen LogP contribution in [-0.2, 0) is 10.1 Å². The quantitative estimate of drug-likeness (QED) is 0.401. The first kappa shape index (κ1) is 9.04. The van der Waals surface area contributed by atoms with Crippen molar-refractivity contribution in [2.45, 2.75) is 5.06 Å². The van der Waals surface area contributed by atoms with Crippen molar-refractivity contribution < 1.29 is 23.2 Å². The van der Waals surface area contributed by atoms with Crippen molar-refractivity contribution in [1.29, 1.82) is 0 Å². The van der Waals surface area contributed by atoms with E-state index in [2.05, 4.69) is 0 Å². The Labute approximate surface area is 68.6 Å². The van der Waals surface area contributed by atoms with E-state index >= 15 is 0 Å². The van der Waals surface area contributed by atoms with E-state index in [1.807, 2.05) is 5.32 Å². The third-order valence-electron chi connectivity index (χ3n) is 1.35. The van der Waals surface area contributed by atoms with Gasteiger partial charge in [0.25, 0.3) is 0 Å². The Morgan fingerprint density at radius 2 is 2.08 bits per heavy atom. The molecule has 4 N–H and O–H groups in total. The first-order chi connectivity index (χ1) is 5.38. The fraction of sp³-hybridized carbons (Fsp3) is 0.200. The molecule has 0 bridgehead atoms. The van der Waals surface area contributed by atoms with Crippen LogP contribution in [0.2, 0.25) is 0 Å². The van der Waals surface area contributed by atoms with Gasteiger partial charge < -0.3 is 15.5 Å². The van der Waals surface area contributed by atoms with E-state index in [1.54, 1.807) is 0 Å². The number of aliphatic hydroxyl groups is 2. The predicted octanol–water partition coefficient (Wildman–Crippen LogP) is -0.921. The molecule has 1 heterocycles. The molecule has 0 aliphatic carbocycles. The van der Waals surface area contributed by atoms with E-state index in [0.29, 0.717) is 0 Å². The van der Waals surface area contributed by atoms with Gasteiger partial charge in [-0.25, -0.2) is 0 Å². The molecule has 0 aromatic carbocycles. The highest BCUT2D eigenvalue weighted by molar-refractivity contribution is 7.87. The maximum Gasteiger partial charge on any atom is 0.325 e. The van der Waals surface area contributed by atoms with Crippen molar-refractivity contribution >= 4 is 10.1 Å². The normalized spacial score (nSPS) is 29.3. The Morgan fingerprint density at radius 3 is 2.42 bits per heavy atom. The summed E-state index contributed by atoms with van der Waals surface area (Å²) in [6.07, 6.45) is 3.30. The van der Waals surface area contributed by atoms with Crippen LogP contribution in [0.1, 0.15) is 0 Å². The summed E-state index contributed by atoms with van der Waals surface area (Å²) in [7, 11) is -4.80. The van der Waals surface area contributed by atoms with Gasteiger partial charge in [0.1, 0.15) is 0 Å². The largest absolute Gasteiger partial charge is 0.506 e. The Balaban J connectivity index is 3.19. The minimum atomic E-state index is -4.80. The molecular formula is C5H7NO5S. The van der Waals surface area contributed by atoms with E-state index in [1.165, 1.54) is 6.08 Å². The average molecular weight is 193 g/mol. The zero-order valence-corrected chi connectivity index (χ0v) is 6.61. The molecule has 6 nitrogen and oxygen atoms in total. The van der Waals surface area contributed by atoms with E-state index in [4.69, 9.17) is 14.8 Å². The summed E-state index contributed by atoms with van der Waals surface area (Å²) in [5, 5.41) is 17.2. The Bertz CT molecular complexity index is 343. The van der Waals surface area contributed by atoms with Gasteiger partial charge in [0.2, 0.25) is 0 Å². The second-order valence-electron chi connectivity index (χ2n) is 2.17. The van der Waals surface area contributed by atoms with E-state index in [9.17, 15) is 8.42 Å². The van der Waals surface area contributed by atoms with Crippen molar-refractivity contribution in [3.63, 3.8) is 0 Å². The fourth-order valence-corrected chi connectivity index (χ4v) is 1.24. The third-order valence-corrected chi connectivity index (χ3v) is 2.42. The molecule has 0 spiro atoms. The topological polar surface area (TPSA) is 107 Å². The summed E-state index contributed by atoms with van der Waals surface area (Å²) < 4.78 is 29.6. The molecule has 1 aliphatic heterocycles. The van der Waals surface area contributed by atoms with Gasteiger partial charge in [-0.1, -0.05) is 0 Å². The number of rotatable bonds is 1. The van der Waals surface area contributed by atoms with Crippen LogP contribution < -0.4 is 5.32 Å². The molecule has 0 saturated carbocycles. The molecule has 1 atom stereocenters. The maximum atomic E-state index is 10.5. The molecule has 1 rings (SSSR count). The Morgan fingerprint density at radius 1 is 1.50 bits per heavy atom. The molecule has 7 heteroatoms. The van der Waals surface area contributed by atoms with E-state index in [0.717, 1.165) is 12.3 Å². The highest BCUT2D eigenvalue weighted by atomic mass is 32.2. The molecule has 0 saturated heterocycles. The molecule has 1 aliphatic rings. The molecule has 12 heavy (non-hydrogen) atoms.